The molecular formula is C8H12N6S2. The molecule has 0 atom stereocenters. The van der Waals surface area contributed by atoms with Crippen LogP contribution in [-0.4, -0.2) is 29.5 Å². The molecule has 0 amide bonds. The number of aromatic nitrogens is 6. The Balaban J connectivity index is 2.10. The van der Waals surface area contributed by atoms with Gasteiger partial charge in [0, 0.05) is 13.6 Å². The van der Waals surface area contributed by atoms with E-state index in [-0.39, 0.29) is 0 Å². The van der Waals surface area contributed by atoms with Crippen molar-refractivity contribution in [2.45, 2.75) is 24.4 Å². The van der Waals surface area contributed by atoms with Crippen LogP contribution >= 0.6 is 24.0 Å². The Morgan fingerprint density at radius 2 is 2.38 bits per heavy atom. The Bertz CT molecular complexity index is 525. The molecule has 0 spiro atoms. The largest absolute Gasteiger partial charge is 0.312 e. The molecule has 0 aliphatic carbocycles. The lowest BCUT2D eigenvalue weighted by Gasteiger charge is -2.02. The van der Waals surface area contributed by atoms with Crippen molar-refractivity contribution in [2.24, 2.45) is 7.05 Å². The minimum atomic E-state index is 0.663. The van der Waals surface area contributed by atoms with Crippen LogP contribution in [0.2, 0.25) is 0 Å². The number of aryl methyl sites for hydroxylation is 1. The Labute approximate surface area is 102 Å². The highest BCUT2D eigenvalue weighted by Crippen LogP contribution is 2.18. The highest BCUT2D eigenvalue weighted by Gasteiger charge is 2.07. The van der Waals surface area contributed by atoms with E-state index in [0.29, 0.717) is 4.77 Å². The first-order valence-corrected chi connectivity index (χ1v) is 6.22. The van der Waals surface area contributed by atoms with Crippen LogP contribution in [0.25, 0.3) is 0 Å². The first kappa shape index (κ1) is 11.3. The van der Waals surface area contributed by atoms with Gasteiger partial charge in [-0.05, 0) is 19.1 Å². The van der Waals surface area contributed by atoms with Gasteiger partial charge in [-0.2, -0.15) is 5.10 Å². The molecule has 2 aromatic rings. The molecule has 0 saturated heterocycles. The number of hydrogen-bond acceptors (Lipinski definition) is 5. The Hall–Kier alpha value is -1.15. The van der Waals surface area contributed by atoms with E-state index in [9.17, 15) is 0 Å². The molecule has 0 aromatic carbocycles. The molecule has 86 valence electrons. The second kappa shape index (κ2) is 4.79. The molecule has 0 unspecified atom stereocenters. The van der Waals surface area contributed by atoms with Crippen LogP contribution in [0.4, 0.5) is 0 Å². The van der Waals surface area contributed by atoms with Crippen LogP contribution in [0, 0.1) is 4.77 Å². The third-order valence-electron chi connectivity index (χ3n) is 2.15. The van der Waals surface area contributed by atoms with Gasteiger partial charge in [-0.1, -0.05) is 11.8 Å². The summed E-state index contributed by atoms with van der Waals surface area (Å²) in [6.07, 6.45) is 1.68. The predicted octanol–water partition coefficient (Wildman–Crippen LogP) is 1.38. The lowest BCUT2D eigenvalue weighted by atomic mass is 10.6. The summed E-state index contributed by atoms with van der Waals surface area (Å²) in [6, 6.07) is 0. The highest BCUT2D eigenvalue weighted by molar-refractivity contribution is 7.98. The van der Waals surface area contributed by atoms with Crippen LogP contribution in [0.5, 0.6) is 0 Å². The zero-order chi connectivity index (χ0) is 11.5. The van der Waals surface area contributed by atoms with E-state index in [1.54, 1.807) is 18.1 Å². The van der Waals surface area contributed by atoms with Gasteiger partial charge < -0.3 is 9.13 Å². The fourth-order valence-corrected chi connectivity index (χ4v) is 2.43. The summed E-state index contributed by atoms with van der Waals surface area (Å²) in [6.45, 7) is 2.87. The van der Waals surface area contributed by atoms with Gasteiger partial charge in [-0.3, -0.25) is 5.10 Å². The number of nitrogens with one attached hydrogen (secondary N) is 1. The fraction of sp³-hybridized carbons (Fsp3) is 0.500. The number of hydrogen-bond donors (Lipinski definition) is 1. The molecule has 1 N–H and O–H groups in total. The van der Waals surface area contributed by atoms with Gasteiger partial charge in [0.15, 0.2) is 9.93 Å². The van der Waals surface area contributed by atoms with Gasteiger partial charge in [0.25, 0.3) is 0 Å². The topological polar surface area (TPSA) is 64.3 Å². The Kier molecular flexibility index (Phi) is 3.39. The van der Waals surface area contributed by atoms with E-state index in [2.05, 4.69) is 20.4 Å². The van der Waals surface area contributed by atoms with Crippen molar-refractivity contribution < 1.29 is 0 Å². The molecular weight excluding hydrogens is 244 g/mol. The maximum atomic E-state index is 5.11. The molecule has 2 rings (SSSR count). The van der Waals surface area contributed by atoms with Crippen LogP contribution in [0.1, 0.15) is 12.7 Å². The van der Waals surface area contributed by atoms with E-state index in [0.717, 1.165) is 23.3 Å². The number of aromatic amines is 1. The Morgan fingerprint density at radius 3 is 3.00 bits per heavy atom. The molecule has 2 aromatic heterocycles. The summed E-state index contributed by atoms with van der Waals surface area (Å²) < 4.78 is 4.51. The van der Waals surface area contributed by atoms with Gasteiger partial charge in [0.2, 0.25) is 0 Å². The van der Waals surface area contributed by atoms with E-state index in [4.69, 9.17) is 12.2 Å². The van der Waals surface area contributed by atoms with Crippen molar-refractivity contribution in [3.63, 3.8) is 0 Å². The van der Waals surface area contributed by atoms with Crippen molar-refractivity contribution >= 4 is 24.0 Å². The molecule has 0 radical (unpaired) electrons. The van der Waals surface area contributed by atoms with Crippen LogP contribution < -0.4 is 0 Å². The fourth-order valence-electron chi connectivity index (χ4n) is 1.32. The second-order valence-electron chi connectivity index (χ2n) is 3.20. The average molecular weight is 256 g/mol. The van der Waals surface area contributed by atoms with E-state index in [1.165, 1.54) is 0 Å². The number of nitrogens with zero attached hydrogens (tertiary/aromatic N) is 5. The van der Waals surface area contributed by atoms with E-state index in [1.807, 2.05) is 23.1 Å². The summed E-state index contributed by atoms with van der Waals surface area (Å²) in [7, 11) is 1.92. The molecule has 8 heteroatoms. The standard InChI is InChI=1S/C8H12N6S2/c1-3-14-6(10-11-7(14)15)4-16-8-12-9-5-13(8)2/h5H,3-4H2,1-2H3,(H,11,15). The van der Waals surface area contributed by atoms with Crippen LogP contribution in [0.3, 0.4) is 0 Å². The first-order chi connectivity index (χ1) is 7.72. The molecule has 0 bridgehead atoms. The molecule has 0 saturated carbocycles. The third-order valence-corrected chi connectivity index (χ3v) is 3.50. The van der Waals surface area contributed by atoms with Crippen LogP contribution in [0.15, 0.2) is 11.5 Å². The first-order valence-electron chi connectivity index (χ1n) is 4.83. The van der Waals surface area contributed by atoms with Crippen LogP contribution in [-0.2, 0) is 19.3 Å². The third kappa shape index (κ3) is 2.17. The van der Waals surface area contributed by atoms with E-state index >= 15 is 0 Å². The maximum absolute atomic E-state index is 5.11. The summed E-state index contributed by atoms with van der Waals surface area (Å²) in [4.78, 5) is 0. The molecule has 16 heavy (non-hydrogen) atoms. The smallest absolute Gasteiger partial charge is 0.195 e. The highest BCUT2D eigenvalue weighted by atomic mass is 32.2. The molecule has 0 aliphatic rings. The van der Waals surface area contributed by atoms with Gasteiger partial charge in [-0.25, -0.2) is 0 Å². The normalized spacial score (nSPS) is 10.9. The van der Waals surface area contributed by atoms with Crippen molar-refractivity contribution in [1.29, 1.82) is 0 Å². The summed E-state index contributed by atoms with van der Waals surface area (Å²) in [5.41, 5.74) is 0. The minimum Gasteiger partial charge on any atom is -0.312 e. The van der Waals surface area contributed by atoms with Gasteiger partial charge in [-0.15, -0.1) is 10.2 Å². The number of H-pyrrole nitrogens is 1. The SMILES string of the molecule is CCn1c(CSc2nncn2C)n[nH]c1=S. The molecule has 0 aliphatic heterocycles. The molecule has 2 heterocycles. The number of rotatable bonds is 4. The van der Waals surface area contributed by atoms with Crippen molar-refractivity contribution in [1.82, 2.24) is 29.5 Å². The van der Waals surface area contributed by atoms with E-state index < -0.39 is 0 Å². The van der Waals surface area contributed by atoms with Crippen molar-refractivity contribution in [3.8, 4) is 0 Å². The monoisotopic (exact) mass is 256 g/mol. The average Bonchev–Trinajstić information content (AvgIpc) is 2.82. The minimum absolute atomic E-state index is 0.663. The summed E-state index contributed by atoms with van der Waals surface area (Å²) >= 11 is 6.70. The molecule has 0 fully saturated rings. The predicted molar refractivity (Wildman–Crippen MR) is 63.6 cm³/mol. The zero-order valence-electron chi connectivity index (χ0n) is 9.04. The van der Waals surface area contributed by atoms with Gasteiger partial charge in [0.1, 0.15) is 12.2 Å². The Morgan fingerprint density at radius 1 is 1.56 bits per heavy atom. The summed E-state index contributed by atoms with van der Waals surface area (Å²) in [5.74, 6) is 1.66. The quantitative estimate of drug-likeness (QED) is 0.661. The molecule has 6 nitrogen and oxygen atoms in total. The second-order valence-corrected chi connectivity index (χ2v) is 4.53. The zero-order valence-corrected chi connectivity index (χ0v) is 10.7. The maximum Gasteiger partial charge on any atom is 0.195 e. The van der Waals surface area contributed by atoms with Gasteiger partial charge >= 0.3 is 0 Å². The lowest BCUT2D eigenvalue weighted by Crippen LogP contribution is -2.01. The summed E-state index contributed by atoms with van der Waals surface area (Å²) in [5, 5.41) is 15.7. The van der Waals surface area contributed by atoms with Crippen molar-refractivity contribution in [3.05, 3.63) is 16.9 Å². The lowest BCUT2D eigenvalue weighted by molar-refractivity contribution is 0.714. The van der Waals surface area contributed by atoms with Gasteiger partial charge in [0.05, 0.1) is 5.75 Å². The number of thioether (sulfide) groups is 1. The van der Waals surface area contributed by atoms with Crippen molar-refractivity contribution in [2.75, 3.05) is 0 Å².